The molecule has 1 aromatic heterocycles. The second kappa shape index (κ2) is 5.89. The zero-order valence-corrected chi connectivity index (χ0v) is 11.7. The molecule has 0 aliphatic carbocycles. The number of rotatable bonds is 4. The minimum atomic E-state index is -0.0495. The van der Waals surface area contributed by atoms with Gasteiger partial charge >= 0.3 is 0 Å². The zero-order chi connectivity index (χ0) is 13.8. The first kappa shape index (κ1) is 13.6. The molecule has 4 nitrogen and oxygen atoms in total. The van der Waals surface area contributed by atoms with E-state index in [1.54, 1.807) is 7.05 Å². The maximum Gasteiger partial charge on any atom is 0.258 e. The van der Waals surface area contributed by atoms with Crippen LogP contribution in [0.4, 0.5) is 11.6 Å². The first-order valence-electron chi connectivity index (χ1n) is 6.08. The predicted molar refractivity (Wildman–Crippen MR) is 78.4 cm³/mol. The third kappa shape index (κ3) is 2.96. The van der Waals surface area contributed by atoms with Crippen LogP contribution >= 0.6 is 11.6 Å². The molecular formula is C14H16ClN3O. The number of anilines is 2. The van der Waals surface area contributed by atoms with E-state index in [4.69, 9.17) is 11.6 Å². The van der Waals surface area contributed by atoms with Crippen LogP contribution in [0.1, 0.15) is 11.3 Å². The SMILES string of the molecule is Cc1nc(Nc2ccccc2)n(C)c(=O)c1CCCl. The Morgan fingerprint density at radius 2 is 2.00 bits per heavy atom. The van der Waals surface area contributed by atoms with Crippen molar-refractivity contribution in [3.05, 3.63) is 51.9 Å². The van der Waals surface area contributed by atoms with Crippen molar-refractivity contribution in [3.8, 4) is 0 Å². The number of benzene rings is 1. The third-order valence-corrected chi connectivity index (χ3v) is 3.15. The quantitative estimate of drug-likeness (QED) is 0.874. The van der Waals surface area contributed by atoms with Crippen molar-refractivity contribution in [1.29, 1.82) is 0 Å². The van der Waals surface area contributed by atoms with Gasteiger partial charge in [-0.05, 0) is 25.5 Å². The summed E-state index contributed by atoms with van der Waals surface area (Å²) in [5, 5.41) is 3.14. The lowest BCUT2D eigenvalue weighted by Gasteiger charge is -2.13. The summed E-state index contributed by atoms with van der Waals surface area (Å²) in [6.07, 6.45) is 0.540. The Morgan fingerprint density at radius 3 is 2.63 bits per heavy atom. The molecule has 19 heavy (non-hydrogen) atoms. The summed E-state index contributed by atoms with van der Waals surface area (Å²) in [6, 6.07) is 9.64. The van der Waals surface area contributed by atoms with Gasteiger partial charge in [0.1, 0.15) is 0 Å². The second-order valence-corrected chi connectivity index (χ2v) is 4.67. The molecule has 0 aliphatic rings. The van der Waals surface area contributed by atoms with Gasteiger partial charge in [0.25, 0.3) is 5.56 Å². The number of para-hydroxylation sites is 1. The highest BCUT2D eigenvalue weighted by Gasteiger charge is 2.11. The summed E-state index contributed by atoms with van der Waals surface area (Å²) >= 11 is 5.71. The molecule has 0 amide bonds. The number of halogens is 1. The Balaban J connectivity index is 2.40. The van der Waals surface area contributed by atoms with Crippen LogP contribution in [0, 0.1) is 6.92 Å². The van der Waals surface area contributed by atoms with Gasteiger partial charge in [-0.1, -0.05) is 18.2 Å². The summed E-state index contributed by atoms with van der Waals surface area (Å²) in [4.78, 5) is 16.7. The Hall–Kier alpha value is -1.81. The normalized spacial score (nSPS) is 10.5. The second-order valence-electron chi connectivity index (χ2n) is 4.29. The minimum Gasteiger partial charge on any atom is -0.326 e. The first-order valence-corrected chi connectivity index (χ1v) is 6.61. The first-order chi connectivity index (χ1) is 9.13. The van der Waals surface area contributed by atoms with Gasteiger partial charge in [0.2, 0.25) is 5.95 Å². The molecule has 0 radical (unpaired) electrons. The van der Waals surface area contributed by atoms with Crippen molar-refractivity contribution >= 4 is 23.2 Å². The highest BCUT2D eigenvalue weighted by atomic mass is 35.5. The van der Waals surface area contributed by atoms with Gasteiger partial charge in [-0.15, -0.1) is 11.6 Å². The van der Waals surface area contributed by atoms with E-state index in [2.05, 4.69) is 10.3 Å². The monoisotopic (exact) mass is 277 g/mol. The summed E-state index contributed by atoms with van der Waals surface area (Å²) in [5.41, 5.74) is 2.25. The Morgan fingerprint density at radius 1 is 1.32 bits per heavy atom. The predicted octanol–water partition coefficient (Wildman–Crippen LogP) is 2.61. The largest absolute Gasteiger partial charge is 0.326 e. The molecule has 1 N–H and O–H groups in total. The summed E-state index contributed by atoms with van der Waals surface area (Å²) in [5.74, 6) is 0.954. The average Bonchev–Trinajstić information content (AvgIpc) is 2.42. The highest BCUT2D eigenvalue weighted by molar-refractivity contribution is 6.18. The van der Waals surface area contributed by atoms with Crippen molar-refractivity contribution in [2.45, 2.75) is 13.3 Å². The summed E-state index contributed by atoms with van der Waals surface area (Å²) < 4.78 is 1.52. The van der Waals surface area contributed by atoms with Gasteiger partial charge in [0, 0.05) is 29.9 Å². The van der Waals surface area contributed by atoms with Crippen LogP contribution in [0.2, 0.25) is 0 Å². The van der Waals surface area contributed by atoms with Crippen molar-refractivity contribution in [2.75, 3.05) is 11.2 Å². The lowest BCUT2D eigenvalue weighted by atomic mass is 10.2. The van der Waals surface area contributed by atoms with Gasteiger partial charge in [-0.25, -0.2) is 4.98 Å². The molecule has 0 spiro atoms. The summed E-state index contributed by atoms with van der Waals surface area (Å²) in [7, 11) is 1.71. The molecule has 100 valence electrons. The average molecular weight is 278 g/mol. The fourth-order valence-electron chi connectivity index (χ4n) is 1.90. The van der Waals surface area contributed by atoms with E-state index in [1.807, 2.05) is 37.3 Å². The molecule has 5 heteroatoms. The zero-order valence-electron chi connectivity index (χ0n) is 11.0. The lowest BCUT2D eigenvalue weighted by Crippen LogP contribution is -2.26. The smallest absolute Gasteiger partial charge is 0.258 e. The molecule has 1 heterocycles. The van der Waals surface area contributed by atoms with E-state index in [0.29, 0.717) is 23.8 Å². The van der Waals surface area contributed by atoms with E-state index in [1.165, 1.54) is 4.57 Å². The van der Waals surface area contributed by atoms with Crippen LogP contribution in [-0.2, 0) is 13.5 Å². The van der Waals surface area contributed by atoms with Crippen LogP contribution in [0.15, 0.2) is 35.1 Å². The molecule has 2 rings (SSSR count). The maximum absolute atomic E-state index is 12.2. The number of hydrogen-bond donors (Lipinski definition) is 1. The summed E-state index contributed by atoms with van der Waals surface area (Å²) in [6.45, 7) is 1.83. The molecule has 2 aromatic rings. The third-order valence-electron chi connectivity index (χ3n) is 2.97. The molecular weight excluding hydrogens is 262 g/mol. The standard InChI is InChI=1S/C14H16ClN3O/c1-10-12(8-9-15)13(19)18(2)14(16-10)17-11-6-4-3-5-7-11/h3-7H,8-9H2,1-2H3,(H,16,17). The van der Waals surface area contributed by atoms with Crippen LogP contribution in [0.5, 0.6) is 0 Å². The molecule has 0 bridgehead atoms. The van der Waals surface area contributed by atoms with Gasteiger partial charge < -0.3 is 5.32 Å². The van der Waals surface area contributed by atoms with E-state index in [-0.39, 0.29) is 5.56 Å². The van der Waals surface area contributed by atoms with Crippen LogP contribution < -0.4 is 10.9 Å². The fourth-order valence-corrected chi connectivity index (χ4v) is 2.09. The molecule has 0 aliphatic heterocycles. The highest BCUT2D eigenvalue weighted by Crippen LogP contribution is 2.13. The molecule has 0 unspecified atom stereocenters. The van der Waals surface area contributed by atoms with Gasteiger partial charge in [0.05, 0.1) is 0 Å². The van der Waals surface area contributed by atoms with Crippen LogP contribution in [0.25, 0.3) is 0 Å². The van der Waals surface area contributed by atoms with Crippen LogP contribution in [0.3, 0.4) is 0 Å². The molecule has 1 aromatic carbocycles. The fraction of sp³-hybridized carbons (Fsp3) is 0.286. The van der Waals surface area contributed by atoms with E-state index < -0.39 is 0 Å². The molecule has 0 saturated carbocycles. The van der Waals surface area contributed by atoms with Crippen molar-refractivity contribution in [3.63, 3.8) is 0 Å². The van der Waals surface area contributed by atoms with Gasteiger partial charge in [-0.2, -0.15) is 0 Å². The number of hydrogen-bond acceptors (Lipinski definition) is 3. The van der Waals surface area contributed by atoms with Gasteiger partial charge in [0.15, 0.2) is 0 Å². The number of alkyl halides is 1. The number of nitrogens with one attached hydrogen (secondary N) is 1. The molecule has 0 saturated heterocycles. The molecule has 0 atom stereocenters. The van der Waals surface area contributed by atoms with E-state index >= 15 is 0 Å². The van der Waals surface area contributed by atoms with Crippen LogP contribution in [-0.4, -0.2) is 15.4 Å². The van der Waals surface area contributed by atoms with E-state index in [9.17, 15) is 4.79 Å². The topological polar surface area (TPSA) is 46.9 Å². The number of nitrogens with zero attached hydrogens (tertiary/aromatic N) is 2. The number of aryl methyl sites for hydroxylation is 1. The molecule has 0 fully saturated rings. The number of aromatic nitrogens is 2. The minimum absolute atomic E-state index is 0.0495. The Labute approximate surface area is 117 Å². The van der Waals surface area contributed by atoms with Gasteiger partial charge in [-0.3, -0.25) is 9.36 Å². The van der Waals surface area contributed by atoms with Crippen molar-refractivity contribution in [2.24, 2.45) is 7.05 Å². The van der Waals surface area contributed by atoms with Crippen molar-refractivity contribution in [1.82, 2.24) is 9.55 Å². The maximum atomic E-state index is 12.2. The lowest BCUT2D eigenvalue weighted by molar-refractivity contribution is 0.799. The van der Waals surface area contributed by atoms with E-state index in [0.717, 1.165) is 11.4 Å². The van der Waals surface area contributed by atoms with Crippen molar-refractivity contribution < 1.29 is 0 Å². The Bertz CT molecular complexity index is 623. The Kier molecular flexibility index (Phi) is 4.22.